The maximum absolute atomic E-state index is 13.1. The zero-order valence-corrected chi connectivity index (χ0v) is 18.5. The summed E-state index contributed by atoms with van der Waals surface area (Å²) in [5, 5.41) is 2.92. The fraction of sp³-hybridized carbons (Fsp3) is 0.417. The fourth-order valence-corrected chi connectivity index (χ4v) is 3.16. The number of hydrogen-bond acceptors (Lipinski definition) is 4. The molecule has 0 aliphatic heterocycles. The Balaban J connectivity index is 2.20. The minimum atomic E-state index is -0.580. The van der Waals surface area contributed by atoms with Gasteiger partial charge in [-0.3, -0.25) is 9.59 Å². The van der Waals surface area contributed by atoms with Crippen LogP contribution in [-0.2, 0) is 16.1 Å². The molecule has 2 aromatic rings. The van der Waals surface area contributed by atoms with Crippen LogP contribution < -0.4 is 14.8 Å². The molecule has 0 saturated carbocycles. The topological polar surface area (TPSA) is 67.9 Å². The summed E-state index contributed by atoms with van der Waals surface area (Å²) in [5.41, 5.74) is 1.97. The van der Waals surface area contributed by atoms with E-state index < -0.39 is 6.04 Å². The third-order valence-electron chi connectivity index (χ3n) is 4.68. The molecule has 2 aromatic carbocycles. The van der Waals surface area contributed by atoms with Gasteiger partial charge in [-0.2, -0.15) is 0 Å². The van der Waals surface area contributed by atoms with Gasteiger partial charge in [0.2, 0.25) is 5.91 Å². The Morgan fingerprint density at radius 1 is 1.07 bits per heavy atom. The van der Waals surface area contributed by atoms with Crippen LogP contribution in [-0.4, -0.2) is 42.5 Å². The molecule has 0 aliphatic rings. The number of ether oxygens (including phenoxy) is 2. The van der Waals surface area contributed by atoms with Crippen molar-refractivity contribution in [1.82, 2.24) is 10.2 Å². The zero-order valence-electron chi connectivity index (χ0n) is 18.5. The molecule has 0 spiro atoms. The van der Waals surface area contributed by atoms with Gasteiger partial charge in [0.25, 0.3) is 5.91 Å². The average Bonchev–Trinajstić information content (AvgIpc) is 2.72. The average molecular weight is 413 g/mol. The monoisotopic (exact) mass is 412 g/mol. The van der Waals surface area contributed by atoms with E-state index in [4.69, 9.17) is 9.47 Å². The van der Waals surface area contributed by atoms with E-state index in [2.05, 4.69) is 5.32 Å². The predicted octanol–water partition coefficient (Wildman–Crippen LogP) is 3.71. The smallest absolute Gasteiger partial charge is 0.261 e. The third-order valence-corrected chi connectivity index (χ3v) is 4.68. The molecule has 0 radical (unpaired) electrons. The SMILES string of the molecule is CC[C@@H](C(=O)NC(C)C)N(Cc1ccc(OC)cc1)C(=O)COc1cccc(C)c1. The van der Waals surface area contributed by atoms with E-state index in [1.807, 2.05) is 76.2 Å². The second-order valence-electron chi connectivity index (χ2n) is 7.56. The molecule has 2 rings (SSSR count). The van der Waals surface area contributed by atoms with Gasteiger partial charge in [0, 0.05) is 12.6 Å². The molecule has 30 heavy (non-hydrogen) atoms. The molecule has 0 unspecified atom stereocenters. The molecule has 0 aromatic heterocycles. The zero-order chi connectivity index (χ0) is 22.1. The predicted molar refractivity (Wildman–Crippen MR) is 118 cm³/mol. The van der Waals surface area contributed by atoms with E-state index in [9.17, 15) is 9.59 Å². The highest BCUT2D eigenvalue weighted by Crippen LogP contribution is 2.17. The number of nitrogens with zero attached hydrogens (tertiary/aromatic N) is 1. The van der Waals surface area contributed by atoms with Gasteiger partial charge < -0.3 is 19.7 Å². The fourth-order valence-electron chi connectivity index (χ4n) is 3.16. The molecular formula is C24H32N2O4. The summed E-state index contributed by atoms with van der Waals surface area (Å²) in [6, 6.07) is 14.4. The summed E-state index contributed by atoms with van der Waals surface area (Å²) in [4.78, 5) is 27.5. The molecule has 0 fully saturated rings. The summed E-state index contributed by atoms with van der Waals surface area (Å²) < 4.78 is 10.9. The first-order chi connectivity index (χ1) is 14.3. The lowest BCUT2D eigenvalue weighted by Crippen LogP contribution is -2.51. The Bertz CT molecular complexity index is 833. The second-order valence-corrected chi connectivity index (χ2v) is 7.56. The van der Waals surface area contributed by atoms with Gasteiger partial charge in [-0.1, -0.05) is 31.2 Å². The van der Waals surface area contributed by atoms with Gasteiger partial charge in [-0.15, -0.1) is 0 Å². The minimum absolute atomic E-state index is 0.00645. The van der Waals surface area contributed by atoms with Gasteiger partial charge in [0.15, 0.2) is 6.61 Å². The van der Waals surface area contributed by atoms with Crippen molar-refractivity contribution in [3.8, 4) is 11.5 Å². The van der Waals surface area contributed by atoms with Crippen molar-refractivity contribution < 1.29 is 19.1 Å². The third kappa shape index (κ3) is 6.79. The number of hydrogen-bond donors (Lipinski definition) is 1. The summed E-state index contributed by atoms with van der Waals surface area (Å²) >= 11 is 0. The molecule has 2 amide bonds. The molecule has 6 nitrogen and oxygen atoms in total. The Kier molecular flexibility index (Phi) is 8.71. The maximum Gasteiger partial charge on any atom is 0.261 e. The van der Waals surface area contributed by atoms with Crippen molar-refractivity contribution in [1.29, 1.82) is 0 Å². The lowest BCUT2D eigenvalue weighted by Gasteiger charge is -2.31. The number of methoxy groups -OCH3 is 1. The normalized spacial score (nSPS) is 11.7. The van der Waals surface area contributed by atoms with Crippen LogP contribution in [0.2, 0.25) is 0 Å². The first-order valence-corrected chi connectivity index (χ1v) is 10.3. The Hall–Kier alpha value is -3.02. The van der Waals surface area contributed by atoms with Crippen LogP contribution in [0.3, 0.4) is 0 Å². The van der Waals surface area contributed by atoms with Gasteiger partial charge in [0.1, 0.15) is 17.5 Å². The Labute approximate surface area is 179 Å². The quantitative estimate of drug-likeness (QED) is 0.646. The number of carbonyl (C=O) groups is 2. The number of carbonyl (C=O) groups excluding carboxylic acids is 2. The van der Waals surface area contributed by atoms with Crippen molar-refractivity contribution in [2.45, 2.75) is 52.7 Å². The number of benzene rings is 2. The van der Waals surface area contributed by atoms with Crippen LogP contribution in [0, 0.1) is 6.92 Å². The lowest BCUT2D eigenvalue weighted by atomic mass is 10.1. The van der Waals surface area contributed by atoms with Crippen molar-refractivity contribution >= 4 is 11.8 Å². The summed E-state index contributed by atoms with van der Waals surface area (Å²) in [5.74, 6) is 0.972. The molecule has 0 aliphatic carbocycles. The number of rotatable bonds is 10. The van der Waals surface area contributed by atoms with Crippen LogP contribution in [0.5, 0.6) is 11.5 Å². The Morgan fingerprint density at radius 2 is 1.77 bits per heavy atom. The largest absolute Gasteiger partial charge is 0.497 e. The van der Waals surface area contributed by atoms with Gasteiger partial charge >= 0.3 is 0 Å². The molecular weight excluding hydrogens is 380 g/mol. The van der Waals surface area contributed by atoms with Gasteiger partial charge in [0.05, 0.1) is 7.11 Å². The minimum Gasteiger partial charge on any atom is -0.497 e. The molecule has 1 N–H and O–H groups in total. The highest BCUT2D eigenvalue weighted by Gasteiger charge is 2.29. The van der Waals surface area contributed by atoms with Crippen molar-refractivity contribution in [2.24, 2.45) is 0 Å². The van der Waals surface area contributed by atoms with E-state index in [1.165, 1.54) is 0 Å². The standard InChI is InChI=1S/C24H32N2O4/c1-6-22(24(28)25-17(2)3)26(15-19-10-12-20(29-5)13-11-19)23(27)16-30-21-9-7-8-18(4)14-21/h7-14,17,22H,6,15-16H2,1-5H3,(H,25,28)/t22-/m0/s1. The first-order valence-electron chi connectivity index (χ1n) is 10.3. The highest BCUT2D eigenvalue weighted by atomic mass is 16.5. The molecule has 162 valence electrons. The van der Waals surface area contributed by atoms with Gasteiger partial charge in [-0.05, 0) is 62.6 Å². The molecule has 1 atom stereocenters. The highest BCUT2D eigenvalue weighted by molar-refractivity contribution is 5.88. The summed E-state index contributed by atoms with van der Waals surface area (Å²) in [6.07, 6.45) is 0.505. The molecule has 6 heteroatoms. The van der Waals surface area contributed by atoms with E-state index in [0.717, 1.165) is 16.9 Å². The van der Waals surface area contributed by atoms with Crippen LogP contribution in [0.15, 0.2) is 48.5 Å². The second kappa shape index (κ2) is 11.2. The van der Waals surface area contributed by atoms with Crippen molar-refractivity contribution in [3.05, 3.63) is 59.7 Å². The van der Waals surface area contributed by atoms with Crippen LogP contribution in [0.1, 0.15) is 38.3 Å². The van der Waals surface area contributed by atoms with E-state index >= 15 is 0 Å². The van der Waals surface area contributed by atoms with Crippen LogP contribution >= 0.6 is 0 Å². The number of nitrogens with one attached hydrogen (secondary N) is 1. The maximum atomic E-state index is 13.1. The van der Waals surface area contributed by atoms with E-state index in [-0.39, 0.29) is 24.5 Å². The number of aryl methyl sites for hydroxylation is 1. The van der Waals surface area contributed by atoms with E-state index in [0.29, 0.717) is 18.7 Å². The number of amides is 2. The molecule has 0 heterocycles. The van der Waals surface area contributed by atoms with Crippen LogP contribution in [0.25, 0.3) is 0 Å². The molecule has 0 saturated heterocycles. The van der Waals surface area contributed by atoms with Crippen LogP contribution in [0.4, 0.5) is 0 Å². The Morgan fingerprint density at radius 3 is 2.33 bits per heavy atom. The summed E-state index contributed by atoms with van der Waals surface area (Å²) in [7, 11) is 1.61. The summed E-state index contributed by atoms with van der Waals surface area (Å²) in [6.45, 7) is 7.85. The van der Waals surface area contributed by atoms with Crippen molar-refractivity contribution in [2.75, 3.05) is 13.7 Å². The van der Waals surface area contributed by atoms with Crippen molar-refractivity contribution in [3.63, 3.8) is 0 Å². The van der Waals surface area contributed by atoms with Gasteiger partial charge in [-0.25, -0.2) is 0 Å². The lowest BCUT2D eigenvalue weighted by molar-refractivity contribution is -0.143. The first kappa shape index (κ1) is 23.3. The molecule has 0 bridgehead atoms. The van der Waals surface area contributed by atoms with E-state index in [1.54, 1.807) is 12.0 Å².